The Morgan fingerprint density at radius 3 is 2.75 bits per heavy atom. The molecule has 0 aromatic heterocycles. The minimum Gasteiger partial charge on any atom is -0.366 e. The van der Waals surface area contributed by atoms with Gasteiger partial charge in [0.1, 0.15) is 5.69 Å². The molecule has 1 aliphatic rings. The molecule has 0 saturated carbocycles. The van der Waals surface area contributed by atoms with E-state index in [-0.39, 0.29) is 17.5 Å². The van der Waals surface area contributed by atoms with Gasteiger partial charge in [-0.25, -0.2) is 0 Å². The Balaban J connectivity index is 2.23. The van der Waals surface area contributed by atoms with Gasteiger partial charge in [-0.3, -0.25) is 14.9 Å². The number of hydrogen-bond acceptors (Lipinski definition) is 4. The zero-order chi connectivity index (χ0) is 17.9. The van der Waals surface area contributed by atoms with Crippen molar-refractivity contribution < 1.29 is 22.9 Å². The molecule has 1 aliphatic heterocycles. The van der Waals surface area contributed by atoms with Crippen molar-refractivity contribution in [3.63, 3.8) is 0 Å². The molecule has 132 valence electrons. The molecule has 24 heavy (non-hydrogen) atoms. The summed E-state index contributed by atoms with van der Waals surface area (Å²) in [6.45, 7) is 2.83. The number of alkyl halides is 3. The van der Waals surface area contributed by atoms with Gasteiger partial charge in [-0.15, -0.1) is 0 Å². The molecule has 1 N–H and O–H groups in total. The van der Waals surface area contributed by atoms with Crippen molar-refractivity contribution in [2.24, 2.45) is 5.92 Å². The van der Waals surface area contributed by atoms with Gasteiger partial charge in [0.25, 0.3) is 5.69 Å². The van der Waals surface area contributed by atoms with Crippen molar-refractivity contribution in [2.75, 3.05) is 24.5 Å². The summed E-state index contributed by atoms with van der Waals surface area (Å²) in [6, 6.07) is 2.59. The number of piperidine rings is 1. The number of benzene rings is 1. The molecule has 0 spiro atoms. The Kier molecular flexibility index (Phi) is 5.30. The van der Waals surface area contributed by atoms with Gasteiger partial charge in [-0.2, -0.15) is 13.2 Å². The molecule has 1 atom stereocenters. The maximum absolute atomic E-state index is 12.8. The fourth-order valence-electron chi connectivity index (χ4n) is 2.85. The normalized spacial score (nSPS) is 18.3. The van der Waals surface area contributed by atoms with Gasteiger partial charge in [0.2, 0.25) is 5.91 Å². The van der Waals surface area contributed by atoms with Crippen molar-refractivity contribution in [1.29, 1.82) is 0 Å². The number of rotatable bonds is 4. The predicted molar refractivity (Wildman–Crippen MR) is 81.7 cm³/mol. The lowest BCUT2D eigenvalue weighted by Gasteiger charge is -2.34. The summed E-state index contributed by atoms with van der Waals surface area (Å²) >= 11 is 0. The minimum absolute atomic E-state index is 0.101. The van der Waals surface area contributed by atoms with Crippen LogP contribution in [0.15, 0.2) is 18.2 Å². The second-order valence-corrected chi connectivity index (χ2v) is 5.85. The SMILES string of the molecule is CC(=O)NCC1CCCN(c2ccc(C(F)(F)F)cc2[N+](=O)[O-])C1. The van der Waals surface area contributed by atoms with Crippen molar-refractivity contribution in [3.05, 3.63) is 33.9 Å². The zero-order valence-electron chi connectivity index (χ0n) is 13.1. The number of nitro benzene ring substituents is 1. The maximum Gasteiger partial charge on any atom is 0.416 e. The maximum atomic E-state index is 12.8. The summed E-state index contributed by atoms with van der Waals surface area (Å²) < 4.78 is 38.3. The number of hydrogen-bond donors (Lipinski definition) is 1. The highest BCUT2D eigenvalue weighted by molar-refractivity contribution is 5.72. The van der Waals surface area contributed by atoms with E-state index in [9.17, 15) is 28.1 Å². The Bertz CT molecular complexity index is 634. The topological polar surface area (TPSA) is 75.5 Å². The van der Waals surface area contributed by atoms with E-state index in [4.69, 9.17) is 0 Å². The van der Waals surface area contributed by atoms with Gasteiger partial charge >= 0.3 is 6.18 Å². The van der Waals surface area contributed by atoms with Crippen LogP contribution in [0.4, 0.5) is 24.5 Å². The van der Waals surface area contributed by atoms with E-state index in [2.05, 4.69) is 5.32 Å². The van der Waals surface area contributed by atoms with Crippen molar-refractivity contribution in [3.8, 4) is 0 Å². The largest absolute Gasteiger partial charge is 0.416 e. The quantitative estimate of drug-likeness (QED) is 0.672. The average molecular weight is 345 g/mol. The van der Waals surface area contributed by atoms with Gasteiger partial charge in [-0.1, -0.05) is 0 Å². The van der Waals surface area contributed by atoms with Crippen LogP contribution >= 0.6 is 0 Å². The first-order chi connectivity index (χ1) is 11.2. The van der Waals surface area contributed by atoms with Crippen LogP contribution in [-0.2, 0) is 11.0 Å². The highest BCUT2D eigenvalue weighted by atomic mass is 19.4. The van der Waals surface area contributed by atoms with Gasteiger partial charge in [0.15, 0.2) is 0 Å². The number of halogens is 3. The summed E-state index contributed by atoms with van der Waals surface area (Å²) in [4.78, 5) is 23.1. The first kappa shape index (κ1) is 18.0. The number of nitrogens with zero attached hydrogens (tertiary/aromatic N) is 2. The predicted octanol–water partition coefficient (Wildman–Crippen LogP) is 2.97. The number of carbonyl (C=O) groups excluding carboxylic acids is 1. The average Bonchev–Trinajstić information content (AvgIpc) is 2.51. The minimum atomic E-state index is -4.63. The first-order valence-electron chi connectivity index (χ1n) is 7.53. The molecule has 1 unspecified atom stereocenters. The van der Waals surface area contributed by atoms with Crippen molar-refractivity contribution >= 4 is 17.3 Å². The Morgan fingerprint density at radius 1 is 1.46 bits per heavy atom. The number of nitro groups is 1. The van der Waals surface area contributed by atoms with E-state index in [1.54, 1.807) is 4.90 Å². The smallest absolute Gasteiger partial charge is 0.366 e. The van der Waals surface area contributed by atoms with Gasteiger partial charge in [-0.05, 0) is 30.9 Å². The van der Waals surface area contributed by atoms with Crippen LogP contribution < -0.4 is 10.2 Å². The van der Waals surface area contributed by atoms with Crippen molar-refractivity contribution in [2.45, 2.75) is 25.9 Å². The fourth-order valence-corrected chi connectivity index (χ4v) is 2.85. The molecule has 1 saturated heterocycles. The first-order valence-corrected chi connectivity index (χ1v) is 7.53. The van der Waals surface area contributed by atoms with Crippen LogP contribution in [-0.4, -0.2) is 30.5 Å². The summed E-state index contributed by atoms with van der Waals surface area (Å²) in [5, 5.41) is 13.9. The van der Waals surface area contributed by atoms with E-state index in [0.29, 0.717) is 25.7 Å². The molecule has 1 heterocycles. The van der Waals surface area contributed by atoms with Gasteiger partial charge in [0.05, 0.1) is 10.5 Å². The van der Waals surface area contributed by atoms with Gasteiger partial charge < -0.3 is 10.2 Å². The molecule has 0 aliphatic carbocycles. The third kappa shape index (κ3) is 4.36. The Labute approximate surface area is 136 Å². The van der Waals surface area contributed by atoms with Crippen LogP contribution in [0.25, 0.3) is 0 Å². The highest BCUT2D eigenvalue weighted by Crippen LogP contribution is 2.37. The molecular weight excluding hydrogens is 327 g/mol. The number of anilines is 1. The van der Waals surface area contributed by atoms with Crippen molar-refractivity contribution in [1.82, 2.24) is 5.32 Å². The van der Waals surface area contributed by atoms with Crippen LogP contribution in [0.2, 0.25) is 0 Å². The number of amides is 1. The monoisotopic (exact) mass is 345 g/mol. The van der Waals surface area contributed by atoms with Crippen LogP contribution in [0.5, 0.6) is 0 Å². The van der Waals surface area contributed by atoms with E-state index >= 15 is 0 Å². The fraction of sp³-hybridized carbons (Fsp3) is 0.533. The number of nitrogens with one attached hydrogen (secondary N) is 1. The molecule has 1 aromatic carbocycles. The second kappa shape index (κ2) is 7.06. The van der Waals surface area contributed by atoms with Crippen LogP contribution in [0, 0.1) is 16.0 Å². The molecule has 6 nitrogen and oxygen atoms in total. The molecule has 1 fully saturated rings. The lowest BCUT2D eigenvalue weighted by atomic mass is 9.97. The number of carbonyl (C=O) groups is 1. The third-order valence-electron chi connectivity index (χ3n) is 4.00. The molecule has 9 heteroatoms. The summed E-state index contributed by atoms with van der Waals surface area (Å²) in [6.07, 6.45) is -3.02. The highest BCUT2D eigenvalue weighted by Gasteiger charge is 2.34. The molecule has 1 aromatic rings. The lowest BCUT2D eigenvalue weighted by Crippen LogP contribution is -2.40. The van der Waals surface area contributed by atoms with Gasteiger partial charge in [0, 0.05) is 32.6 Å². The second-order valence-electron chi connectivity index (χ2n) is 5.85. The Morgan fingerprint density at radius 2 is 2.17 bits per heavy atom. The molecule has 0 radical (unpaired) electrons. The molecule has 1 amide bonds. The third-order valence-corrected chi connectivity index (χ3v) is 4.00. The Hall–Kier alpha value is -2.32. The van der Waals surface area contributed by atoms with Crippen LogP contribution in [0.1, 0.15) is 25.3 Å². The standard InChI is InChI=1S/C15H18F3N3O3/c1-10(22)19-8-11-3-2-6-20(9-11)13-5-4-12(15(16,17)18)7-14(13)21(23)24/h4-5,7,11H,2-3,6,8-9H2,1H3,(H,19,22). The van der Waals surface area contributed by atoms with Crippen LogP contribution in [0.3, 0.4) is 0 Å². The van der Waals surface area contributed by atoms with E-state index < -0.39 is 22.4 Å². The van der Waals surface area contributed by atoms with E-state index in [1.165, 1.54) is 6.92 Å². The molecule has 2 rings (SSSR count). The molecular formula is C15H18F3N3O3. The van der Waals surface area contributed by atoms with E-state index in [0.717, 1.165) is 25.0 Å². The van der Waals surface area contributed by atoms with E-state index in [1.807, 2.05) is 0 Å². The summed E-state index contributed by atoms with van der Waals surface area (Å²) in [5.41, 5.74) is -1.41. The summed E-state index contributed by atoms with van der Waals surface area (Å²) in [7, 11) is 0. The summed E-state index contributed by atoms with van der Waals surface area (Å²) in [5.74, 6) is -0.0582. The lowest BCUT2D eigenvalue weighted by molar-refractivity contribution is -0.384. The zero-order valence-corrected chi connectivity index (χ0v) is 13.1. The molecule has 0 bridgehead atoms.